The molecule has 1 aromatic rings. The summed E-state index contributed by atoms with van der Waals surface area (Å²) in [6.07, 6.45) is 4.53. The molecule has 1 heterocycles. The highest BCUT2D eigenvalue weighted by Gasteiger charge is 2.21. The monoisotopic (exact) mass is 379 g/mol. The van der Waals surface area contributed by atoms with Crippen molar-refractivity contribution in [3.05, 3.63) is 28.8 Å². The number of nitrogens with one attached hydrogen (secondary N) is 1. The molecule has 0 bridgehead atoms. The zero-order chi connectivity index (χ0) is 18.9. The van der Waals surface area contributed by atoms with E-state index >= 15 is 0 Å². The molecule has 1 unspecified atom stereocenters. The maximum atomic E-state index is 11.7. The average Bonchev–Trinajstić information content (AvgIpc) is 2.62. The van der Waals surface area contributed by atoms with Gasteiger partial charge in [-0.15, -0.1) is 6.42 Å². The third kappa shape index (κ3) is 6.85. The molecule has 1 amide bonds. The second-order valence-electron chi connectivity index (χ2n) is 6.46. The Kier molecular flexibility index (Phi) is 8.20. The number of carbonyl (C=O) groups excluding carboxylic acids is 1. The molecule has 26 heavy (non-hydrogen) atoms. The quantitative estimate of drug-likeness (QED) is 0.653. The maximum absolute atomic E-state index is 11.7. The summed E-state index contributed by atoms with van der Waals surface area (Å²) in [5.74, 6) is 2.92. The van der Waals surface area contributed by atoms with Crippen LogP contribution in [-0.4, -0.2) is 79.3 Å². The first-order valence-corrected chi connectivity index (χ1v) is 9.07. The third-order valence-corrected chi connectivity index (χ3v) is 4.52. The van der Waals surface area contributed by atoms with Crippen LogP contribution in [0.2, 0.25) is 5.02 Å². The van der Waals surface area contributed by atoms with Gasteiger partial charge in [-0.05, 0) is 24.6 Å². The number of aliphatic hydroxyl groups is 1. The van der Waals surface area contributed by atoms with Gasteiger partial charge in [-0.25, -0.2) is 0 Å². The molecule has 142 valence electrons. The normalized spacial score (nSPS) is 16.7. The van der Waals surface area contributed by atoms with Crippen LogP contribution in [-0.2, 0) is 4.79 Å². The first-order valence-electron chi connectivity index (χ1n) is 8.70. The Morgan fingerprint density at radius 3 is 2.77 bits per heavy atom. The van der Waals surface area contributed by atoms with Crippen molar-refractivity contribution >= 4 is 17.5 Å². The topological polar surface area (TPSA) is 65.0 Å². The van der Waals surface area contributed by atoms with Gasteiger partial charge in [-0.1, -0.05) is 23.6 Å². The molecule has 2 rings (SSSR count). The molecule has 0 spiro atoms. The van der Waals surface area contributed by atoms with Crippen molar-refractivity contribution in [2.45, 2.75) is 13.0 Å². The van der Waals surface area contributed by atoms with Gasteiger partial charge in [0.2, 0.25) is 5.91 Å². The SMILES string of the molecule is C#CCNC(=O)CN1CCN(CC(O)COc2cc(C)ccc2Cl)CC1. The molecule has 1 atom stereocenters. The Morgan fingerprint density at radius 2 is 2.08 bits per heavy atom. The molecule has 7 heteroatoms. The summed E-state index contributed by atoms with van der Waals surface area (Å²) in [5.41, 5.74) is 1.06. The van der Waals surface area contributed by atoms with Gasteiger partial charge < -0.3 is 15.2 Å². The first-order chi connectivity index (χ1) is 12.5. The van der Waals surface area contributed by atoms with E-state index in [1.165, 1.54) is 0 Å². The predicted molar refractivity (Wildman–Crippen MR) is 102 cm³/mol. The molecule has 1 aromatic carbocycles. The summed E-state index contributed by atoms with van der Waals surface area (Å²) in [6.45, 7) is 6.45. The summed E-state index contributed by atoms with van der Waals surface area (Å²) in [7, 11) is 0. The zero-order valence-electron chi connectivity index (χ0n) is 15.1. The largest absolute Gasteiger partial charge is 0.489 e. The van der Waals surface area contributed by atoms with Crippen LogP contribution < -0.4 is 10.1 Å². The molecule has 1 aliphatic rings. The van der Waals surface area contributed by atoms with Crippen molar-refractivity contribution in [2.24, 2.45) is 0 Å². The molecular formula is C19H26ClN3O3. The minimum absolute atomic E-state index is 0.0557. The molecule has 0 saturated carbocycles. The number of hydrogen-bond donors (Lipinski definition) is 2. The van der Waals surface area contributed by atoms with E-state index in [0.717, 1.165) is 31.7 Å². The molecule has 1 saturated heterocycles. The summed E-state index contributed by atoms with van der Waals surface area (Å²) in [4.78, 5) is 15.9. The van der Waals surface area contributed by atoms with Crippen LogP contribution in [0.5, 0.6) is 5.75 Å². The molecule has 1 fully saturated rings. The van der Waals surface area contributed by atoms with Crippen LogP contribution in [0.15, 0.2) is 18.2 Å². The highest BCUT2D eigenvalue weighted by atomic mass is 35.5. The van der Waals surface area contributed by atoms with Crippen LogP contribution in [0.4, 0.5) is 0 Å². The van der Waals surface area contributed by atoms with Gasteiger partial charge in [0, 0.05) is 32.7 Å². The number of nitrogens with zero attached hydrogens (tertiary/aromatic N) is 2. The van der Waals surface area contributed by atoms with E-state index < -0.39 is 6.10 Å². The van der Waals surface area contributed by atoms with E-state index in [4.69, 9.17) is 22.8 Å². The predicted octanol–water partition coefficient (Wildman–Crippen LogP) is 0.755. The number of ether oxygens (including phenoxy) is 1. The Balaban J connectivity index is 1.68. The lowest BCUT2D eigenvalue weighted by molar-refractivity contribution is -0.122. The van der Waals surface area contributed by atoms with Gasteiger partial charge in [0.05, 0.1) is 18.1 Å². The van der Waals surface area contributed by atoms with Crippen molar-refractivity contribution < 1.29 is 14.6 Å². The Labute approximate surface area is 160 Å². The Bertz CT molecular complexity index is 639. The number of benzene rings is 1. The number of amides is 1. The second kappa shape index (κ2) is 10.4. The highest BCUT2D eigenvalue weighted by Crippen LogP contribution is 2.25. The fourth-order valence-corrected chi connectivity index (χ4v) is 2.97. The van der Waals surface area contributed by atoms with Crippen molar-refractivity contribution in [3.63, 3.8) is 0 Å². The fourth-order valence-electron chi connectivity index (χ4n) is 2.80. The minimum Gasteiger partial charge on any atom is -0.489 e. The van der Waals surface area contributed by atoms with Gasteiger partial charge in [0.1, 0.15) is 18.5 Å². The van der Waals surface area contributed by atoms with Gasteiger partial charge in [0.25, 0.3) is 0 Å². The average molecular weight is 380 g/mol. The molecule has 0 aliphatic carbocycles. The standard InChI is InChI=1S/C19H26ClN3O3/c1-3-6-21-19(25)13-23-9-7-22(8-10-23)12-16(24)14-26-18-11-15(2)4-5-17(18)20/h1,4-5,11,16,24H,6-10,12-14H2,2H3,(H,21,25). The van der Waals surface area contributed by atoms with E-state index in [0.29, 0.717) is 23.9 Å². The molecule has 6 nitrogen and oxygen atoms in total. The fraction of sp³-hybridized carbons (Fsp3) is 0.526. The summed E-state index contributed by atoms with van der Waals surface area (Å²) in [6, 6.07) is 5.56. The van der Waals surface area contributed by atoms with Crippen LogP contribution in [0.3, 0.4) is 0 Å². The van der Waals surface area contributed by atoms with Crippen molar-refractivity contribution in [1.82, 2.24) is 15.1 Å². The van der Waals surface area contributed by atoms with Gasteiger partial charge in [-0.3, -0.25) is 14.6 Å². The highest BCUT2D eigenvalue weighted by molar-refractivity contribution is 6.32. The van der Waals surface area contributed by atoms with E-state index in [-0.39, 0.29) is 19.1 Å². The summed E-state index contributed by atoms with van der Waals surface area (Å²) >= 11 is 6.09. The molecule has 0 aromatic heterocycles. The van der Waals surface area contributed by atoms with Crippen molar-refractivity contribution in [3.8, 4) is 18.1 Å². The lowest BCUT2D eigenvalue weighted by Gasteiger charge is -2.35. The lowest BCUT2D eigenvalue weighted by atomic mass is 10.2. The van der Waals surface area contributed by atoms with Crippen molar-refractivity contribution in [2.75, 3.05) is 52.4 Å². The number of halogens is 1. The van der Waals surface area contributed by atoms with E-state index in [9.17, 15) is 9.90 Å². The summed E-state index contributed by atoms with van der Waals surface area (Å²) in [5, 5.41) is 13.4. The smallest absolute Gasteiger partial charge is 0.234 e. The van der Waals surface area contributed by atoms with Crippen molar-refractivity contribution in [1.29, 1.82) is 0 Å². The number of β-amino-alcohol motifs (C(OH)–C–C–N with tert-alkyl or cyclic N) is 1. The minimum atomic E-state index is -0.600. The van der Waals surface area contributed by atoms with E-state index in [1.807, 2.05) is 19.1 Å². The Morgan fingerprint density at radius 1 is 1.38 bits per heavy atom. The van der Waals surface area contributed by atoms with Crippen LogP contribution in [0.1, 0.15) is 5.56 Å². The number of aryl methyl sites for hydroxylation is 1. The number of rotatable bonds is 8. The molecule has 2 N–H and O–H groups in total. The van der Waals surface area contributed by atoms with E-state index in [2.05, 4.69) is 21.0 Å². The molecule has 0 radical (unpaired) electrons. The zero-order valence-corrected chi connectivity index (χ0v) is 15.8. The number of terminal acetylenes is 1. The van der Waals surface area contributed by atoms with Gasteiger partial charge >= 0.3 is 0 Å². The Hall–Kier alpha value is -1.78. The van der Waals surface area contributed by atoms with Crippen LogP contribution >= 0.6 is 11.6 Å². The van der Waals surface area contributed by atoms with Crippen LogP contribution in [0, 0.1) is 19.3 Å². The maximum Gasteiger partial charge on any atom is 0.234 e. The second-order valence-corrected chi connectivity index (χ2v) is 6.86. The van der Waals surface area contributed by atoms with Crippen LogP contribution in [0.25, 0.3) is 0 Å². The van der Waals surface area contributed by atoms with Gasteiger partial charge in [0.15, 0.2) is 0 Å². The number of carbonyl (C=O) groups is 1. The first kappa shape index (κ1) is 20.5. The molecule has 1 aliphatic heterocycles. The molecular weight excluding hydrogens is 354 g/mol. The number of piperazine rings is 1. The van der Waals surface area contributed by atoms with E-state index in [1.54, 1.807) is 6.07 Å². The number of hydrogen-bond acceptors (Lipinski definition) is 5. The lowest BCUT2D eigenvalue weighted by Crippen LogP contribution is -2.51. The van der Waals surface area contributed by atoms with Gasteiger partial charge in [-0.2, -0.15) is 0 Å². The third-order valence-electron chi connectivity index (χ3n) is 4.21. The number of aliphatic hydroxyl groups excluding tert-OH is 1. The summed E-state index contributed by atoms with van der Waals surface area (Å²) < 4.78 is 5.64.